The molecule has 0 N–H and O–H groups in total. The predicted octanol–water partition coefficient (Wildman–Crippen LogP) is 1.91. The Morgan fingerprint density at radius 3 is 2.71 bits per heavy atom. The van der Waals surface area contributed by atoms with Gasteiger partial charge in [0.1, 0.15) is 6.61 Å². The zero-order chi connectivity index (χ0) is 17.7. The summed E-state index contributed by atoms with van der Waals surface area (Å²) in [4.78, 5) is 32.0. The van der Waals surface area contributed by atoms with Crippen LogP contribution in [0.3, 0.4) is 0 Å². The molecule has 0 bridgehead atoms. The molecule has 132 valence electrons. The summed E-state index contributed by atoms with van der Waals surface area (Å²) in [6, 6.07) is 3.72. The number of piperidine rings is 1. The number of hydrogen-bond donors (Lipinski definition) is 0. The first-order valence-electron chi connectivity index (χ1n) is 8.45. The summed E-state index contributed by atoms with van der Waals surface area (Å²) in [5.41, 5.74) is 1.52. The van der Waals surface area contributed by atoms with Crippen LogP contribution < -0.4 is 0 Å². The van der Waals surface area contributed by atoms with Crippen molar-refractivity contribution in [3.8, 4) is 0 Å². The van der Waals surface area contributed by atoms with E-state index in [9.17, 15) is 9.59 Å². The number of rotatable bonds is 5. The second-order valence-corrected chi connectivity index (χ2v) is 6.71. The van der Waals surface area contributed by atoms with Gasteiger partial charge >= 0.3 is 0 Å². The Balaban J connectivity index is 1.99. The molecular formula is C18H27N3O3. The van der Waals surface area contributed by atoms with E-state index in [0.717, 1.165) is 25.1 Å². The summed E-state index contributed by atoms with van der Waals surface area (Å²) in [5, 5.41) is 0. The fourth-order valence-corrected chi connectivity index (χ4v) is 2.81. The Morgan fingerprint density at radius 1 is 1.38 bits per heavy atom. The highest BCUT2D eigenvalue weighted by atomic mass is 16.5. The molecule has 2 heterocycles. The summed E-state index contributed by atoms with van der Waals surface area (Å²) < 4.78 is 5.41. The molecule has 1 aliphatic heterocycles. The molecule has 24 heavy (non-hydrogen) atoms. The molecule has 0 spiro atoms. The Kier molecular flexibility index (Phi) is 6.31. The molecule has 0 aliphatic carbocycles. The van der Waals surface area contributed by atoms with Gasteiger partial charge in [-0.15, -0.1) is 0 Å². The third-order valence-corrected chi connectivity index (χ3v) is 4.17. The molecule has 2 amide bonds. The monoisotopic (exact) mass is 333 g/mol. The van der Waals surface area contributed by atoms with Gasteiger partial charge in [0.15, 0.2) is 0 Å². The van der Waals surface area contributed by atoms with Crippen molar-refractivity contribution in [3.05, 3.63) is 29.6 Å². The van der Waals surface area contributed by atoms with E-state index in [0.29, 0.717) is 12.1 Å². The van der Waals surface area contributed by atoms with E-state index in [1.807, 2.05) is 30.9 Å². The Hall–Kier alpha value is -1.95. The maximum atomic E-state index is 12.2. The first-order valence-corrected chi connectivity index (χ1v) is 8.45. The van der Waals surface area contributed by atoms with Gasteiger partial charge in [0.25, 0.3) is 5.91 Å². The number of hydrogen-bond acceptors (Lipinski definition) is 4. The third-order valence-electron chi connectivity index (χ3n) is 4.17. The molecule has 6 heteroatoms. The van der Waals surface area contributed by atoms with E-state index in [1.165, 1.54) is 4.90 Å². The number of aromatic nitrogens is 1. The number of ether oxygens (including phenoxy) is 1. The predicted molar refractivity (Wildman–Crippen MR) is 91.9 cm³/mol. The Bertz CT molecular complexity index is 569. The van der Waals surface area contributed by atoms with Crippen LogP contribution in [-0.2, 0) is 9.53 Å². The van der Waals surface area contributed by atoms with Crippen molar-refractivity contribution in [3.63, 3.8) is 0 Å². The minimum atomic E-state index is -0.0552. The molecule has 0 saturated carbocycles. The first kappa shape index (κ1) is 18.4. The van der Waals surface area contributed by atoms with Crippen LogP contribution >= 0.6 is 0 Å². The fourth-order valence-electron chi connectivity index (χ4n) is 2.81. The molecule has 0 unspecified atom stereocenters. The molecule has 1 aromatic rings. The number of pyridine rings is 1. The van der Waals surface area contributed by atoms with Crippen molar-refractivity contribution in [1.29, 1.82) is 0 Å². The molecular weight excluding hydrogens is 306 g/mol. The van der Waals surface area contributed by atoms with Crippen LogP contribution in [0.15, 0.2) is 18.3 Å². The molecule has 2 rings (SSSR count). The highest BCUT2D eigenvalue weighted by Crippen LogP contribution is 2.25. The highest BCUT2D eigenvalue weighted by molar-refractivity contribution is 5.93. The summed E-state index contributed by atoms with van der Waals surface area (Å²) in [6.07, 6.45) is 3.64. The van der Waals surface area contributed by atoms with Crippen LogP contribution in [0.4, 0.5) is 0 Å². The Labute approximate surface area is 143 Å². The molecule has 1 fully saturated rings. The van der Waals surface area contributed by atoms with Gasteiger partial charge in [-0.3, -0.25) is 14.6 Å². The van der Waals surface area contributed by atoms with Crippen LogP contribution in [0.5, 0.6) is 0 Å². The van der Waals surface area contributed by atoms with E-state index < -0.39 is 0 Å². The smallest absolute Gasteiger partial charge is 0.254 e. The van der Waals surface area contributed by atoms with Crippen LogP contribution in [0, 0.1) is 0 Å². The summed E-state index contributed by atoms with van der Waals surface area (Å²) in [5.74, 6) is 0.193. The van der Waals surface area contributed by atoms with E-state index in [4.69, 9.17) is 4.74 Å². The average molecular weight is 333 g/mol. The number of nitrogens with zero attached hydrogens (tertiary/aromatic N) is 3. The average Bonchev–Trinajstić information content (AvgIpc) is 2.59. The van der Waals surface area contributed by atoms with Crippen molar-refractivity contribution in [2.75, 3.05) is 33.8 Å². The Morgan fingerprint density at radius 2 is 2.12 bits per heavy atom. The molecule has 6 nitrogen and oxygen atoms in total. The van der Waals surface area contributed by atoms with Gasteiger partial charge in [-0.1, -0.05) is 0 Å². The van der Waals surface area contributed by atoms with Gasteiger partial charge in [0.2, 0.25) is 5.91 Å². The lowest BCUT2D eigenvalue weighted by molar-refractivity contribution is -0.138. The third kappa shape index (κ3) is 4.77. The summed E-state index contributed by atoms with van der Waals surface area (Å²) in [6.45, 7) is 5.41. The maximum absolute atomic E-state index is 12.2. The lowest BCUT2D eigenvalue weighted by Crippen LogP contribution is -2.41. The van der Waals surface area contributed by atoms with Gasteiger partial charge in [0.05, 0.1) is 11.7 Å². The van der Waals surface area contributed by atoms with Crippen LogP contribution in [-0.4, -0.2) is 66.5 Å². The van der Waals surface area contributed by atoms with Crippen LogP contribution in [0.2, 0.25) is 0 Å². The first-order chi connectivity index (χ1) is 11.4. The number of carbonyl (C=O) groups is 2. The minimum Gasteiger partial charge on any atom is -0.369 e. The van der Waals surface area contributed by atoms with Crippen molar-refractivity contribution in [2.45, 2.75) is 38.7 Å². The number of amides is 2. The van der Waals surface area contributed by atoms with Gasteiger partial charge in [0, 0.05) is 45.0 Å². The van der Waals surface area contributed by atoms with Crippen molar-refractivity contribution in [2.24, 2.45) is 0 Å². The quantitative estimate of drug-likeness (QED) is 0.826. The molecule has 1 atom stereocenters. The van der Waals surface area contributed by atoms with E-state index >= 15 is 0 Å². The summed E-state index contributed by atoms with van der Waals surface area (Å²) >= 11 is 0. The molecule has 0 radical (unpaired) electrons. The maximum Gasteiger partial charge on any atom is 0.254 e. The van der Waals surface area contributed by atoms with Crippen LogP contribution in [0.25, 0.3) is 0 Å². The molecule has 0 aromatic carbocycles. The fraction of sp³-hybridized carbons (Fsp3) is 0.611. The highest BCUT2D eigenvalue weighted by Gasteiger charge is 2.26. The molecule has 1 aromatic heterocycles. The second kappa shape index (κ2) is 8.24. The minimum absolute atomic E-state index is 0.0350. The van der Waals surface area contributed by atoms with Crippen molar-refractivity contribution < 1.29 is 14.3 Å². The SMILES string of the molecule is CC(C)OCC(=O)N1CCC[C@H](c2ccc(C(=O)N(C)C)cn2)C1. The van der Waals surface area contributed by atoms with Crippen LogP contribution in [0.1, 0.15) is 48.7 Å². The van der Waals surface area contributed by atoms with Crippen molar-refractivity contribution >= 4 is 11.8 Å². The number of carbonyl (C=O) groups excluding carboxylic acids is 2. The standard InChI is InChI=1S/C18H27N3O3/c1-13(2)24-12-17(22)21-9-5-6-15(11-21)16-8-7-14(10-19-16)18(23)20(3)4/h7-8,10,13,15H,5-6,9,11-12H2,1-4H3/t15-/m0/s1. The topological polar surface area (TPSA) is 62.7 Å². The second-order valence-electron chi connectivity index (χ2n) is 6.71. The lowest BCUT2D eigenvalue weighted by atomic mass is 9.94. The van der Waals surface area contributed by atoms with E-state index in [-0.39, 0.29) is 30.4 Å². The molecule has 1 saturated heterocycles. The largest absolute Gasteiger partial charge is 0.369 e. The normalized spacial score (nSPS) is 17.9. The van der Waals surface area contributed by atoms with E-state index in [2.05, 4.69) is 4.98 Å². The number of likely N-dealkylation sites (tertiary alicyclic amines) is 1. The zero-order valence-corrected chi connectivity index (χ0v) is 15.0. The van der Waals surface area contributed by atoms with Gasteiger partial charge in [-0.25, -0.2) is 0 Å². The summed E-state index contributed by atoms with van der Waals surface area (Å²) in [7, 11) is 3.44. The van der Waals surface area contributed by atoms with Gasteiger partial charge in [-0.05, 0) is 38.8 Å². The molecule has 1 aliphatic rings. The zero-order valence-electron chi connectivity index (χ0n) is 15.0. The van der Waals surface area contributed by atoms with E-state index in [1.54, 1.807) is 20.3 Å². The van der Waals surface area contributed by atoms with Crippen molar-refractivity contribution in [1.82, 2.24) is 14.8 Å². The van der Waals surface area contributed by atoms with Gasteiger partial charge in [-0.2, -0.15) is 0 Å². The lowest BCUT2D eigenvalue weighted by Gasteiger charge is -2.32. The van der Waals surface area contributed by atoms with Gasteiger partial charge < -0.3 is 14.5 Å².